The first-order valence-corrected chi connectivity index (χ1v) is 7.95. The van der Waals surface area contributed by atoms with E-state index in [1.807, 2.05) is 4.90 Å². The molecule has 1 fully saturated rings. The van der Waals surface area contributed by atoms with Crippen LogP contribution >= 0.6 is 0 Å². The summed E-state index contributed by atoms with van der Waals surface area (Å²) < 4.78 is 11.0. The van der Waals surface area contributed by atoms with E-state index in [4.69, 9.17) is 9.26 Å². The molecule has 1 aromatic rings. The maximum absolute atomic E-state index is 12.7. The molecule has 2 heterocycles. The summed E-state index contributed by atoms with van der Waals surface area (Å²) in [5.74, 6) is 0.483. The number of nitrogens with zero attached hydrogens (tertiary/aromatic N) is 2. The zero-order chi connectivity index (χ0) is 14.9. The van der Waals surface area contributed by atoms with Gasteiger partial charge in [0.15, 0.2) is 0 Å². The van der Waals surface area contributed by atoms with Crippen molar-refractivity contribution in [2.24, 2.45) is 0 Å². The van der Waals surface area contributed by atoms with Crippen molar-refractivity contribution in [3.8, 4) is 0 Å². The number of ether oxygens (including phenoxy) is 1. The molecule has 1 aliphatic heterocycles. The van der Waals surface area contributed by atoms with Gasteiger partial charge in [-0.15, -0.1) is 0 Å². The van der Waals surface area contributed by atoms with Gasteiger partial charge in [-0.3, -0.25) is 4.79 Å². The van der Waals surface area contributed by atoms with Crippen molar-refractivity contribution in [1.82, 2.24) is 10.1 Å². The van der Waals surface area contributed by atoms with Gasteiger partial charge in [0.05, 0.1) is 11.3 Å². The summed E-state index contributed by atoms with van der Waals surface area (Å²) in [4.78, 5) is 14.6. The lowest BCUT2D eigenvalue weighted by Crippen LogP contribution is -2.34. The van der Waals surface area contributed by atoms with Crippen LogP contribution < -0.4 is 0 Å². The van der Waals surface area contributed by atoms with Gasteiger partial charge >= 0.3 is 0 Å². The number of fused-ring (bicyclic) bond motifs is 1. The van der Waals surface area contributed by atoms with Gasteiger partial charge in [-0.05, 0) is 51.9 Å². The Bertz CT molecular complexity index is 526. The minimum atomic E-state index is -0.115. The van der Waals surface area contributed by atoms with Gasteiger partial charge in [0.1, 0.15) is 0 Å². The fourth-order valence-corrected chi connectivity index (χ4v) is 3.36. The molecule has 5 nitrogen and oxygen atoms in total. The molecular weight excluding hydrogens is 268 g/mol. The molecule has 3 rings (SSSR count). The molecule has 21 heavy (non-hydrogen) atoms. The predicted molar refractivity (Wildman–Crippen MR) is 78.3 cm³/mol. The lowest BCUT2D eigenvalue weighted by atomic mass is 9.96. The maximum Gasteiger partial charge on any atom is 0.292 e. The quantitative estimate of drug-likeness (QED) is 0.840. The van der Waals surface area contributed by atoms with E-state index in [-0.39, 0.29) is 11.5 Å². The van der Waals surface area contributed by atoms with Gasteiger partial charge in [-0.25, -0.2) is 0 Å². The van der Waals surface area contributed by atoms with Gasteiger partial charge in [0, 0.05) is 25.8 Å². The smallest absolute Gasteiger partial charge is 0.292 e. The maximum atomic E-state index is 12.7. The van der Waals surface area contributed by atoms with Gasteiger partial charge in [-0.2, -0.15) is 0 Å². The van der Waals surface area contributed by atoms with E-state index in [1.54, 1.807) is 7.11 Å². The van der Waals surface area contributed by atoms with Gasteiger partial charge in [0.25, 0.3) is 5.91 Å². The highest BCUT2D eigenvalue weighted by Gasteiger charge is 2.32. The first kappa shape index (κ1) is 14.6. The number of hydrogen-bond acceptors (Lipinski definition) is 4. The van der Waals surface area contributed by atoms with E-state index >= 15 is 0 Å². The largest absolute Gasteiger partial charge is 0.378 e. The van der Waals surface area contributed by atoms with E-state index < -0.39 is 0 Å². The van der Waals surface area contributed by atoms with Crippen LogP contribution in [0.3, 0.4) is 0 Å². The van der Waals surface area contributed by atoms with Crippen LogP contribution in [-0.4, -0.2) is 41.8 Å². The Balaban J connectivity index is 1.75. The number of aryl methyl sites for hydroxylation is 1. The molecule has 5 heteroatoms. The zero-order valence-electron chi connectivity index (χ0n) is 13.0. The molecule has 1 atom stereocenters. The fourth-order valence-electron chi connectivity index (χ4n) is 3.36. The lowest BCUT2D eigenvalue weighted by molar-refractivity contribution is -0.00545. The molecule has 1 saturated heterocycles. The molecule has 0 N–H and O–H groups in total. The van der Waals surface area contributed by atoms with Crippen LogP contribution in [0.25, 0.3) is 0 Å². The Morgan fingerprint density at radius 3 is 2.86 bits per heavy atom. The standard InChI is InChI=1S/C16H24N2O3/c1-16(20-2)8-5-10-18(11-9-16)15(19)14-12-6-3-4-7-13(12)17-21-14/h3-11H2,1-2H3. The van der Waals surface area contributed by atoms with Crippen molar-refractivity contribution in [3.05, 3.63) is 17.0 Å². The summed E-state index contributed by atoms with van der Waals surface area (Å²) in [6, 6.07) is 0. The average molecular weight is 292 g/mol. The second-order valence-corrected chi connectivity index (χ2v) is 6.44. The Morgan fingerprint density at radius 1 is 1.24 bits per heavy atom. The van der Waals surface area contributed by atoms with E-state index in [9.17, 15) is 4.79 Å². The molecule has 0 bridgehead atoms. The van der Waals surface area contributed by atoms with Crippen LogP contribution in [0, 0.1) is 0 Å². The van der Waals surface area contributed by atoms with Crippen molar-refractivity contribution in [2.45, 2.75) is 57.5 Å². The lowest BCUT2D eigenvalue weighted by Gasteiger charge is -2.26. The first-order chi connectivity index (χ1) is 10.1. The molecule has 0 radical (unpaired) electrons. The van der Waals surface area contributed by atoms with Crippen molar-refractivity contribution >= 4 is 5.91 Å². The second kappa shape index (κ2) is 5.79. The summed E-state index contributed by atoms with van der Waals surface area (Å²) in [5, 5.41) is 4.09. The number of amides is 1. The Kier molecular flexibility index (Phi) is 4.02. The second-order valence-electron chi connectivity index (χ2n) is 6.44. The Hall–Kier alpha value is -1.36. The van der Waals surface area contributed by atoms with Crippen molar-refractivity contribution in [2.75, 3.05) is 20.2 Å². The van der Waals surface area contributed by atoms with Crippen LogP contribution in [0.15, 0.2) is 4.52 Å². The summed E-state index contributed by atoms with van der Waals surface area (Å²) in [7, 11) is 1.75. The van der Waals surface area contributed by atoms with Crippen LogP contribution in [0.4, 0.5) is 0 Å². The molecule has 1 aromatic heterocycles. The number of likely N-dealkylation sites (tertiary alicyclic amines) is 1. The summed E-state index contributed by atoms with van der Waals surface area (Å²) in [5.41, 5.74) is 1.92. The van der Waals surface area contributed by atoms with Crippen LogP contribution in [0.1, 0.15) is 60.8 Å². The molecule has 2 aliphatic rings. The summed E-state index contributed by atoms with van der Waals surface area (Å²) >= 11 is 0. The normalized spacial score (nSPS) is 26.3. The van der Waals surface area contributed by atoms with Crippen LogP contribution in [0.2, 0.25) is 0 Å². The predicted octanol–water partition coefficient (Wildman–Crippen LogP) is 2.58. The highest BCUT2D eigenvalue weighted by Crippen LogP contribution is 2.28. The third-order valence-corrected chi connectivity index (χ3v) is 4.98. The number of aromatic nitrogens is 1. The molecule has 1 aliphatic carbocycles. The third kappa shape index (κ3) is 2.84. The van der Waals surface area contributed by atoms with E-state index in [2.05, 4.69) is 12.1 Å². The number of carbonyl (C=O) groups is 1. The summed E-state index contributed by atoms with van der Waals surface area (Å²) in [6.45, 7) is 3.61. The van der Waals surface area contributed by atoms with Crippen molar-refractivity contribution in [1.29, 1.82) is 0 Å². The molecule has 1 unspecified atom stereocenters. The topological polar surface area (TPSA) is 55.6 Å². The first-order valence-electron chi connectivity index (χ1n) is 7.95. The number of hydrogen-bond donors (Lipinski definition) is 0. The van der Waals surface area contributed by atoms with Crippen molar-refractivity contribution < 1.29 is 14.1 Å². The highest BCUT2D eigenvalue weighted by atomic mass is 16.5. The molecular formula is C16H24N2O3. The Labute approximate surface area is 125 Å². The molecule has 0 spiro atoms. The van der Waals surface area contributed by atoms with E-state index in [0.29, 0.717) is 5.76 Å². The SMILES string of the molecule is COC1(C)CCCN(C(=O)c2onc3c2CCCC3)CC1. The minimum Gasteiger partial charge on any atom is -0.378 e. The zero-order valence-corrected chi connectivity index (χ0v) is 13.0. The number of carbonyl (C=O) groups excluding carboxylic acids is 1. The molecule has 1 amide bonds. The number of rotatable bonds is 2. The summed E-state index contributed by atoms with van der Waals surface area (Å²) in [6.07, 6.45) is 6.94. The minimum absolute atomic E-state index is 0.00556. The number of methoxy groups -OCH3 is 1. The Morgan fingerprint density at radius 2 is 2.05 bits per heavy atom. The monoisotopic (exact) mass is 292 g/mol. The average Bonchev–Trinajstić information content (AvgIpc) is 2.83. The van der Waals surface area contributed by atoms with Gasteiger partial charge in [0.2, 0.25) is 5.76 Å². The van der Waals surface area contributed by atoms with Crippen LogP contribution in [0.5, 0.6) is 0 Å². The molecule has 116 valence electrons. The van der Waals surface area contributed by atoms with Gasteiger partial charge < -0.3 is 14.2 Å². The van der Waals surface area contributed by atoms with Crippen LogP contribution in [-0.2, 0) is 17.6 Å². The fraction of sp³-hybridized carbons (Fsp3) is 0.750. The third-order valence-electron chi connectivity index (χ3n) is 4.98. The van der Waals surface area contributed by atoms with Gasteiger partial charge in [-0.1, -0.05) is 5.16 Å². The molecule has 0 aromatic carbocycles. The molecule has 0 saturated carbocycles. The van der Waals surface area contributed by atoms with E-state index in [0.717, 1.165) is 69.3 Å². The highest BCUT2D eigenvalue weighted by molar-refractivity contribution is 5.93. The van der Waals surface area contributed by atoms with Crippen molar-refractivity contribution in [3.63, 3.8) is 0 Å². The van der Waals surface area contributed by atoms with E-state index in [1.165, 1.54) is 0 Å².